The van der Waals surface area contributed by atoms with Crippen LogP contribution < -0.4 is 0 Å². The Labute approximate surface area is 82.6 Å². The molecule has 0 aliphatic carbocycles. The Hall–Kier alpha value is -0.0800. The van der Waals surface area contributed by atoms with Crippen molar-refractivity contribution in [2.75, 3.05) is 20.3 Å². The van der Waals surface area contributed by atoms with Crippen molar-refractivity contribution in [1.29, 1.82) is 0 Å². The molecule has 0 rings (SSSR count). The standard InChI is InChI=1S/C11H24O2/c1-9(2)8-13-7-6-10(3)11(4)12-5/h9-11H,6-8H2,1-5H3/t10-,11?/m0/s1. The monoisotopic (exact) mass is 188 g/mol. The van der Waals surface area contributed by atoms with E-state index in [1.165, 1.54) is 0 Å². The summed E-state index contributed by atoms with van der Waals surface area (Å²) in [5, 5.41) is 0. The molecule has 0 radical (unpaired) electrons. The maximum Gasteiger partial charge on any atom is 0.0569 e. The van der Waals surface area contributed by atoms with Gasteiger partial charge < -0.3 is 9.47 Å². The van der Waals surface area contributed by atoms with Crippen LogP contribution >= 0.6 is 0 Å². The molecule has 0 aliphatic rings. The molecule has 0 spiro atoms. The van der Waals surface area contributed by atoms with Gasteiger partial charge in [-0.3, -0.25) is 0 Å². The minimum atomic E-state index is 0.336. The van der Waals surface area contributed by atoms with E-state index < -0.39 is 0 Å². The summed E-state index contributed by atoms with van der Waals surface area (Å²) in [5.74, 6) is 1.22. The molecule has 0 aromatic rings. The number of methoxy groups -OCH3 is 1. The van der Waals surface area contributed by atoms with Gasteiger partial charge in [-0.25, -0.2) is 0 Å². The fourth-order valence-corrected chi connectivity index (χ4v) is 1.06. The van der Waals surface area contributed by atoms with Crippen molar-refractivity contribution in [1.82, 2.24) is 0 Å². The van der Waals surface area contributed by atoms with Crippen molar-refractivity contribution in [3.05, 3.63) is 0 Å². The van der Waals surface area contributed by atoms with Gasteiger partial charge in [0.25, 0.3) is 0 Å². The molecule has 0 fully saturated rings. The average molecular weight is 188 g/mol. The first kappa shape index (κ1) is 12.9. The molecule has 1 unspecified atom stereocenters. The van der Waals surface area contributed by atoms with E-state index in [0.29, 0.717) is 17.9 Å². The quantitative estimate of drug-likeness (QED) is 0.572. The summed E-state index contributed by atoms with van der Waals surface area (Å²) in [5.41, 5.74) is 0. The van der Waals surface area contributed by atoms with Crippen LogP contribution in [0, 0.1) is 11.8 Å². The average Bonchev–Trinajstić information content (AvgIpc) is 2.10. The molecule has 0 aromatic carbocycles. The van der Waals surface area contributed by atoms with E-state index in [4.69, 9.17) is 9.47 Å². The van der Waals surface area contributed by atoms with Crippen LogP contribution in [0.2, 0.25) is 0 Å². The van der Waals surface area contributed by atoms with Gasteiger partial charge in [-0.1, -0.05) is 20.8 Å². The van der Waals surface area contributed by atoms with Crippen LogP contribution in [0.15, 0.2) is 0 Å². The van der Waals surface area contributed by atoms with E-state index in [-0.39, 0.29) is 0 Å². The molecular weight excluding hydrogens is 164 g/mol. The van der Waals surface area contributed by atoms with Gasteiger partial charge >= 0.3 is 0 Å². The second-order valence-electron chi connectivity index (χ2n) is 4.18. The molecule has 0 aromatic heterocycles. The van der Waals surface area contributed by atoms with Crippen molar-refractivity contribution in [2.24, 2.45) is 11.8 Å². The van der Waals surface area contributed by atoms with Gasteiger partial charge in [0, 0.05) is 20.3 Å². The van der Waals surface area contributed by atoms with Crippen LogP contribution in [-0.2, 0) is 9.47 Å². The molecule has 0 amide bonds. The van der Waals surface area contributed by atoms with Crippen LogP contribution in [0.25, 0.3) is 0 Å². The van der Waals surface area contributed by atoms with Gasteiger partial charge in [0.2, 0.25) is 0 Å². The minimum Gasteiger partial charge on any atom is -0.381 e. The summed E-state index contributed by atoms with van der Waals surface area (Å²) in [7, 11) is 1.76. The Morgan fingerprint density at radius 1 is 1.08 bits per heavy atom. The highest BCUT2D eigenvalue weighted by atomic mass is 16.5. The maximum absolute atomic E-state index is 5.50. The Balaban J connectivity index is 3.31. The van der Waals surface area contributed by atoms with Crippen molar-refractivity contribution in [3.8, 4) is 0 Å². The van der Waals surface area contributed by atoms with Crippen molar-refractivity contribution >= 4 is 0 Å². The highest BCUT2D eigenvalue weighted by Gasteiger charge is 2.10. The van der Waals surface area contributed by atoms with Gasteiger partial charge in [0.15, 0.2) is 0 Å². The Morgan fingerprint density at radius 3 is 2.15 bits per heavy atom. The van der Waals surface area contributed by atoms with E-state index in [0.717, 1.165) is 19.6 Å². The highest BCUT2D eigenvalue weighted by molar-refractivity contribution is 4.60. The predicted octanol–water partition coefficient (Wildman–Crippen LogP) is 2.72. The summed E-state index contributed by atoms with van der Waals surface area (Å²) in [4.78, 5) is 0. The Bertz CT molecular complexity index is 113. The van der Waals surface area contributed by atoms with E-state index in [9.17, 15) is 0 Å². The second kappa shape index (κ2) is 7.34. The number of rotatable bonds is 7. The number of hydrogen-bond acceptors (Lipinski definition) is 2. The van der Waals surface area contributed by atoms with Crippen molar-refractivity contribution in [3.63, 3.8) is 0 Å². The molecule has 0 saturated heterocycles. The molecule has 80 valence electrons. The lowest BCUT2D eigenvalue weighted by Gasteiger charge is -2.18. The summed E-state index contributed by atoms with van der Waals surface area (Å²) in [6.45, 7) is 10.4. The zero-order valence-corrected chi connectivity index (χ0v) is 9.67. The molecule has 2 atom stereocenters. The van der Waals surface area contributed by atoms with E-state index in [1.54, 1.807) is 7.11 Å². The molecule has 2 nitrogen and oxygen atoms in total. The largest absolute Gasteiger partial charge is 0.381 e. The highest BCUT2D eigenvalue weighted by Crippen LogP contribution is 2.10. The van der Waals surface area contributed by atoms with Crippen LogP contribution in [0.4, 0.5) is 0 Å². The van der Waals surface area contributed by atoms with Gasteiger partial charge in [-0.2, -0.15) is 0 Å². The van der Waals surface area contributed by atoms with Crippen LogP contribution in [0.5, 0.6) is 0 Å². The lowest BCUT2D eigenvalue weighted by atomic mass is 10.0. The smallest absolute Gasteiger partial charge is 0.0569 e. The summed E-state index contributed by atoms with van der Waals surface area (Å²) < 4.78 is 10.7. The maximum atomic E-state index is 5.50. The number of hydrogen-bond donors (Lipinski definition) is 0. The molecule has 0 aliphatic heterocycles. The van der Waals surface area contributed by atoms with Gasteiger partial charge in [-0.05, 0) is 25.2 Å². The topological polar surface area (TPSA) is 18.5 Å². The van der Waals surface area contributed by atoms with Gasteiger partial charge in [0.05, 0.1) is 6.10 Å². The minimum absolute atomic E-state index is 0.336. The zero-order valence-electron chi connectivity index (χ0n) is 9.67. The first-order chi connectivity index (χ1) is 6.07. The molecule has 0 N–H and O–H groups in total. The molecule has 13 heavy (non-hydrogen) atoms. The van der Waals surface area contributed by atoms with Crippen molar-refractivity contribution < 1.29 is 9.47 Å². The molecule has 0 heterocycles. The van der Waals surface area contributed by atoms with E-state index in [2.05, 4.69) is 27.7 Å². The molecule has 2 heteroatoms. The SMILES string of the molecule is COC(C)[C@@H](C)CCOCC(C)C. The fourth-order valence-electron chi connectivity index (χ4n) is 1.06. The lowest BCUT2D eigenvalue weighted by molar-refractivity contribution is 0.0439. The van der Waals surface area contributed by atoms with Gasteiger partial charge in [0.1, 0.15) is 0 Å². The van der Waals surface area contributed by atoms with Crippen LogP contribution in [-0.4, -0.2) is 26.4 Å². The van der Waals surface area contributed by atoms with Crippen LogP contribution in [0.1, 0.15) is 34.1 Å². The first-order valence-corrected chi connectivity index (χ1v) is 5.18. The number of ether oxygens (including phenoxy) is 2. The fraction of sp³-hybridized carbons (Fsp3) is 1.00. The summed E-state index contributed by atoms with van der Waals surface area (Å²) >= 11 is 0. The lowest BCUT2D eigenvalue weighted by Crippen LogP contribution is -2.18. The summed E-state index contributed by atoms with van der Waals surface area (Å²) in [6.07, 6.45) is 1.42. The third-order valence-corrected chi connectivity index (χ3v) is 2.34. The normalized spacial score (nSPS) is 16.2. The Morgan fingerprint density at radius 2 is 1.69 bits per heavy atom. The predicted molar refractivity (Wildman–Crippen MR) is 55.9 cm³/mol. The third-order valence-electron chi connectivity index (χ3n) is 2.34. The molecular formula is C11H24O2. The van der Waals surface area contributed by atoms with Gasteiger partial charge in [-0.15, -0.1) is 0 Å². The third kappa shape index (κ3) is 7.03. The molecule has 0 bridgehead atoms. The Kier molecular flexibility index (Phi) is 7.29. The van der Waals surface area contributed by atoms with E-state index in [1.807, 2.05) is 0 Å². The zero-order chi connectivity index (χ0) is 10.3. The van der Waals surface area contributed by atoms with Crippen LogP contribution in [0.3, 0.4) is 0 Å². The van der Waals surface area contributed by atoms with Crippen molar-refractivity contribution in [2.45, 2.75) is 40.2 Å². The first-order valence-electron chi connectivity index (χ1n) is 5.18. The summed E-state index contributed by atoms with van der Waals surface area (Å²) in [6, 6.07) is 0. The second-order valence-corrected chi connectivity index (χ2v) is 4.18. The molecule has 0 saturated carbocycles. The van der Waals surface area contributed by atoms with E-state index >= 15 is 0 Å².